The Morgan fingerprint density at radius 1 is 1.33 bits per heavy atom. The number of hydrogen-bond donors (Lipinski definition) is 1. The van der Waals surface area contributed by atoms with Crippen LogP contribution in [0.4, 0.5) is 0 Å². The van der Waals surface area contributed by atoms with Crippen molar-refractivity contribution in [2.24, 2.45) is 0 Å². The Kier molecular flexibility index (Phi) is 7.23. The van der Waals surface area contributed by atoms with Crippen LogP contribution in [0.2, 0.25) is 0 Å². The fourth-order valence-corrected chi connectivity index (χ4v) is 2.04. The first-order chi connectivity index (χ1) is 10.1. The predicted molar refractivity (Wildman–Crippen MR) is 84.6 cm³/mol. The molecule has 0 aliphatic rings. The fraction of sp³-hybridized carbons (Fsp3) is 0.412. The maximum Gasteiger partial charge on any atom is 0.242 e. The lowest BCUT2D eigenvalue weighted by Gasteiger charge is -2.28. The first-order valence-corrected chi connectivity index (χ1v) is 7.32. The van der Waals surface area contributed by atoms with Crippen LogP contribution in [-0.4, -0.2) is 29.3 Å². The molecule has 0 unspecified atom stereocenters. The van der Waals surface area contributed by atoms with E-state index in [1.54, 1.807) is 17.9 Å². The molecule has 4 nitrogen and oxygen atoms in total. The van der Waals surface area contributed by atoms with Crippen molar-refractivity contribution in [1.29, 1.82) is 0 Å². The van der Waals surface area contributed by atoms with Crippen molar-refractivity contribution < 1.29 is 9.59 Å². The fourth-order valence-electron chi connectivity index (χ4n) is 2.04. The highest BCUT2D eigenvalue weighted by Gasteiger charge is 2.24. The van der Waals surface area contributed by atoms with Gasteiger partial charge in [0.1, 0.15) is 6.04 Å². The lowest BCUT2D eigenvalue weighted by molar-refractivity contribution is -0.140. The number of rotatable bonds is 8. The van der Waals surface area contributed by atoms with E-state index < -0.39 is 6.04 Å². The zero-order valence-electron chi connectivity index (χ0n) is 12.8. The van der Waals surface area contributed by atoms with Crippen molar-refractivity contribution in [1.82, 2.24) is 10.2 Å². The number of nitrogens with one attached hydrogen (secondary N) is 1. The highest BCUT2D eigenvalue weighted by Crippen LogP contribution is 2.11. The minimum Gasteiger partial charge on any atom is -0.351 e. The lowest BCUT2D eigenvalue weighted by Crippen LogP contribution is -2.47. The molecule has 21 heavy (non-hydrogen) atoms. The lowest BCUT2D eigenvalue weighted by atomic mass is 10.1. The molecule has 0 aliphatic carbocycles. The van der Waals surface area contributed by atoms with Gasteiger partial charge in [0.05, 0.1) is 0 Å². The van der Waals surface area contributed by atoms with Gasteiger partial charge in [-0.25, -0.2) is 0 Å². The normalized spacial score (nSPS) is 11.5. The predicted octanol–water partition coefficient (Wildman–Crippen LogP) is 2.51. The Labute approximate surface area is 126 Å². The third kappa shape index (κ3) is 5.42. The summed E-state index contributed by atoms with van der Waals surface area (Å²) < 4.78 is 0. The molecule has 0 bridgehead atoms. The van der Waals surface area contributed by atoms with Crippen LogP contribution < -0.4 is 5.32 Å². The van der Waals surface area contributed by atoms with E-state index in [0.29, 0.717) is 19.5 Å². The van der Waals surface area contributed by atoms with Gasteiger partial charge in [-0.2, -0.15) is 0 Å². The first kappa shape index (κ1) is 17.0. The molecular weight excluding hydrogens is 264 g/mol. The second-order valence-electron chi connectivity index (χ2n) is 4.97. The summed E-state index contributed by atoms with van der Waals surface area (Å²) in [7, 11) is 0. The van der Waals surface area contributed by atoms with Gasteiger partial charge in [0.2, 0.25) is 11.8 Å². The van der Waals surface area contributed by atoms with Gasteiger partial charge in [0, 0.05) is 19.5 Å². The third-order valence-corrected chi connectivity index (χ3v) is 3.25. The van der Waals surface area contributed by atoms with Gasteiger partial charge in [-0.05, 0) is 18.9 Å². The van der Waals surface area contributed by atoms with Crippen LogP contribution in [0.25, 0.3) is 0 Å². The van der Waals surface area contributed by atoms with Crippen molar-refractivity contribution in [3.63, 3.8) is 0 Å². The van der Waals surface area contributed by atoms with E-state index in [2.05, 4.69) is 11.9 Å². The largest absolute Gasteiger partial charge is 0.351 e. The van der Waals surface area contributed by atoms with Crippen molar-refractivity contribution in [3.8, 4) is 0 Å². The van der Waals surface area contributed by atoms with Crippen molar-refractivity contribution in [3.05, 3.63) is 48.6 Å². The van der Waals surface area contributed by atoms with Crippen LogP contribution in [0.15, 0.2) is 43.0 Å². The average molecular weight is 288 g/mol. The maximum absolute atomic E-state index is 12.3. The van der Waals surface area contributed by atoms with Crippen LogP contribution >= 0.6 is 0 Å². The average Bonchev–Trinajstić information content (AvgIpc) is 2.50. The molecule has 1 aromatic carbocycles. The minimum atomic E-state index is -0.496. The number of carbonyl (C=O) groups excluding carboxylic acids is 2. The highest BCUT2D eigenvalue weighted by molar-refractivity contribution is 5.87. The summed E-state index contributed by atoms with van der Waals surface area (Å²) in [4.78, 5) is 26.0. The van der Waals surface area contributed by atoms with E-state index in [0.717, 1.165) is 12.0 Å². The summed E-state index contributed by atoms with van der Waals surface area (Å²) in [6.45, 7) is 8.15. The molecule has 0 saturated carbocycles. The topological polar surface area (TPSA) is 49.4 Å². The summed E-state index contributed by atoms with van der Waals surface area (Å²) in [6, 6.07) is 9.22. The standard InChI is InChI=1S/C17H24N2O2/c1-4-9-16(20)19(13-15-10-7-6-8-11-15)14(3)17(21)18-12-5-2/h5-8,10-11,14H,2,4,9,12-13H2,1,3H3,(H,18,21)/t14-/m1/s1. The highest BCUT2D eigenvalue weighted by atomic mass is 16.2. The van der Waals surface area contributed by atoms with Gasteiger partial charge in [0.25, 0.3) is 0 Å². The van der Waals surface area contributed by atoms with Gasteiger partial charge in [0.15, 0.2) is 0 Å². The molecule has 1 atom stereocenters. The molecule has 0 fully saturated rings. The molecular formula is C17H24N2O2. The Bertz CT molecular complexity index is 471. The monoisotopic (exact) mass is 288 g/mol. The van der Waals surface area contributed by atoms with Crippen LogP contribution in [0.5, 0.6) is 0 Å². The molecule has 0 radical (unpaired) electrons. The van der Waals surface area contributed by atoms with E-state index in [9.17, 15) is 9.59 Å². The Hall–Kier alpha value is -2.10. The summed E-state index contributed by atoms with van der Waals surface area (Å²) in [5, 5.41) is 2.74. The summed E-state index contributed by atoms with van der Waals surface area (Å²) in [5.74, 6) is -0.155. The second kappa shape index (κ2) is 8.95. The molecule has 1 aromatic rings. The number of benzene rings is 1. The van der Waals surface area contributed by atoms with Crippen LogP contribution in [-0.2, 0) is 16.1 Å². The molecule has 0 saturated heterocycles. The molecule has 0 spiro atoms. The third-order valence-electron chi connectivity index (χ3n) is 3.25. The van der Waals surface area contributed by atoms with Gasteiger partial charge in [-0.15, -0.1) is 6.58 Å². The van der Waals surface area contributed by atoms with Gasteiger partial charge in [-0.1, -0.05) is 43.3 Å². The number of hydrogen-bond acceptors (Lipinski definition) is 2. The molecule has 1 N–H and O–H groups in total. The van der Waals surface area contributed by atoms with Crippen molar-refractivity contribution in [2.45, 2.75) is 39.3 Å². The molecule has 114 valence electrons. The van der Waals surface area contributed by atoms with Crippen LogP contribution in [0, 0.1) is 0 Å². The van der Waals surface area contributed by atoms with E-state index in [1.807, 2.05) is 37.3 Å². The first-order valence-electron chi connectivity index (χ1n) is 7.32. The van der Waals surface area contributed by atoms with E-state index in [-0.39, 0.29) is 11.8 Å². The summed E-state index contributed by atoms with van der Waals surface area (Å²) >= 11 is 0. The zero-order valence-corrected chi connectivity index (χ0v) is 12.8. The molecule has 0 heterocycles. The Morgan fingerprint density at radius 3 is 2.57 bits per heavy atom. The van der Waals surface area contributed by atoms with Crippen molar-refractivity contribution >= 4 is 11.8 Å². The van der Waals surface area contributed by atoms with E-state index in [4.69, 9.17) is 0 Å². The van der Waals surface area contributed by atoms with Crippen molar-refractivity contribution in [2.75, 3.05) is 6.54 Å². The smallest absolute Gasteiger partial charge is 0.242 e. The molecule has 2 amide bonds. The Balaban J connectivity index is 2.83. The quantitative estimate of drug-likeness (QED) is 0.747. The SMILES string of the molecule is C=CCNC(=O)[C@@H](C)N(Cc1ccccc1)C(=O)CCC. The number of nitrogens with zero attached hydrogens (tertiary/aromatic N) is 1. The molecule has 1 rings (SSSR count). The summed E-state index contributed by atoms with van der Waals surface area (Å²) in [5.41, 5.74) is 1.02. The van der Waals surface area contributed by atoms with Gasteiger partial charge in [-0.3, -0.25) is 9.59 Å². The van der Waals surface area contributed by atoms with E-state index in [1.165, 1.54) is 0 Å². The number of amides is 2. The molecule has 4 heteroatoms. The minimum absolute atomic E-state index is 0.00241. The van der Waals surface area contributed by atoms with Crippen LogP contribution in [0.3, 0.4) is 0 Å². The molecule has 0 aliphatic heterocycles. The van der Waals surface area contributed by atoms with E-state index >= 15 is 0 Å². The summed E-state index contributed by atoms with van der Waals surface area (Å²) in [6.07, 6.45) is 2.84. The zero-order chi connectivity index (χ0) is 15.7. The Morgan fingerprint density at radius 2 is 2.00 bits per heavy atom. The van der Waals surface area contributed by atoms with Crippen LogP contribution in [0.1, 0.15) is 32.3 Å². The maximum atomic E-state index is 12.3. The second-order valence-corrected chi connectivity index (χ2v) is 4.97. The van der Waals surface area contributed by atoms with Gasteiger partial charge < -0.3 is 10.2 Å². The van der Waals surface area contributed by atoms with Gasteiger partial charge >= 0.3 is 0 Å². The number of carbonyl (C=O) groups is 2. The molecule has 0 aromatic heterocycles.